The van der Waals surface area contributed by atoms with Gasteiger partial charge >= 0.3 is 0 Å². The summed E-state index contributed by atoms with van der Waals surface area (Å²) in [5, 5.41) is 0. The molecule has 0 aliphatic heterocycles. The molecule has 1 atom stereocenters. The molecule has 2 rings (SSSR count). The first-order chi connectivity index (χ1) is 8.79. The predicted octanol–water partition coefficient (Wildman–Crippen LogP) is 3.92. The fourth-order valence-corrected chi connectivity index (χ4v) is 2.02. The third kappa shape index (κ3) is 3.50. The highest BCUT2D eigenvalue weighted by Gasteiger charge is 2.10. The van der Waals surface area contributed by atoms with Crippen LogP contribution in [0.4, 0.5) is 4.39 Å². The van der Waals surface area contributed by atoms with Gasteiger partial charge in [-0.05, 0) is 29.8 Å². The average Bonchev–Trinajstić information content (AvgIpc) is 2.43. The maximum absolute atomic E-state index is 12.7. The Hall–Kier alpha value is -1.48. The molecule has 0 spiro atoms. The highest BCUT2D eigenvalue weighted by atomic mass is 32.1. The van der Waals surface area contributed by atoms with Gasteiger partial charge < -0.3 is 4.74 Å². The standard InChI is InChI=1S/C15H15FOS/c16-14-6-8-15(9-7-14)17-10-13(11-18)12-4-2-1-3-5-12/h1-9,13,18H,10-11H2. The third-order valence-corrected chi connectivity index (χ3v) is 3.20. The van der Waals surface area contributed by atoms with E-state index in [9.17, 15) is 4.39 Å². The van der Waals surface area contributed by atoms with Crippen LogP contribution in [-0.4, -0.2) is 12.4 Å². The molecule has 0 heterocycles. The van der Waals surface area contributed by atoms with Crippen LogP contribution in [0, 0.1) is 5.82 Å². The van der Waals surface area contributed by atoms with Crippen molar-refractivity contribution in [2.45, 2.75) is 5.92 Å². The Morgan fingerprint density at radius 2 is 1.67 bits per heavy atom. The van der Waals surface area contributed by atoms with Gasteiger partial charge in [-0.25, -0.2) is 4.39 Å². The van der Waals surface area contributed by atoms with Crippen LogP contribution in [0.15, 0.2) is 54.6 Å². The molecular weight excluding hydrogens is 247 g/mol. The first kappa shape index (κ1) is 13.0. The van der Waals surface area contributed by atoms with Crippen LogP contribution in [0.3, 0.4) is 0 Å². The van der Waals surface area contributed by atoms with E-state index in [0.29, 0.717) is 18.1 Å². The maximum Gasteiger partial charge on any atom is 0.123 e. The Bertz CT molecular complexity index is 470. The maximum atomic E-state index is 12.7. The Morgan fingerprint density at radius 3 is 2.28 bits per heavy atom. The minimum absolute atomic E-state index is 0.236. The molecule has 3 heteroatoms. The molecule has 1 unspecified atom stereocenters. The topological polar surface area (TPSA) is 9.23 Å². The van der Waals surface area contributed by atoms with Crippen LogP contribution in [-0.2, 0) is 0 Å². The second-order valence-electron chi connectivity index (χ2n) is 4.06. The van der Waals surface area contributed by atoms with Crippen molar-refractivity contribution in [3.05, 3.63) is 66.0 Å². The van der Waals surface area contributed by atoms with E-state index >= 15 is 0 Å². The van der Waals surface area contributed by atoms with Gasteiger partial charge in [-0.3, -0.25) is 0 Å². The van der Waals surface area contributed by atoms with Crippen LogP contribution in [0.25, 0.3) is 0 Å². The van der Waals surface area contributed by atoms with E-state index in [-0.39, 0.29) is 11.7 Å². The van der Waals surface area contributed by atoms with E-state index in [1.54, 1.807) is 12.1 Å². The lowest BCUT2D eigenvalue weighted by atomic mass is 10.0. The first-order valence-corrected chi connectivity index (χ1v) is 6.47. The van der Waals surface area contributed by atoms with Crippen molar-refractivity contribution in [1.29, 1.82) is 0 Å². The van der Waals surface area contributed by atoms with Crippen molar-refractivity contribution in [2.75, 3.05) is 12.4 Å². The van der Waals surface area contributed by atoms with Gasteiger partial charge in [-0.1, -0.05) is 30.3 Å². The Labute approximate surface area is 112 Å². The lowest BCUT2D eigenvalue weighted by molar-refractivity contribution is 0.297. The van der Waals surface area contributed by atoms with Crippen LogP contribution in [0.2, 0.25) is 0 Å². The molecule has 2 aromatic carbocycles. The highest BCUT2D eigenvalue weighted by molar-refractivity contribution is 7.80. The van der Waals surface area contributed by atoms with E-state index in [2.05, 4.69) is 24.8 Å². The largest absolute Gasteiger partial charge is 0.493 e. The van der Waals surface area contributed by atoms with Crippen molar-refractivity contribution >= 4 is 12.6 Å². The van der Waals surface area contributed by atoms with Crippen LogP contribution in [0.5, 0.6) is 5.75 Å². The molecule has 0 amide bonds. The number of halogens is 1. The fraction of sp³-hybridized carbons (Fsp3) is 0.200. The Kier molecular flexibility index (Phi) is 4.65. The van der Waals surface area contributed by atoms with Crippen molar-refractivity contribution < 1.29 is 9.13 Å². The lowest BCUT2D eigenvalue weighted by Gasteiger charge is -2.16. The minimum Gasteiger partial charge on any atom is -0.493 e. The quantitative estimate of drug-likeness (QED) is 0.804. The number of benzene rings is 2. The molecule has 2 aromatic rings. The Morgan fingerprint density at radius 1 is 1.00 bits per heavy atom. The molecule has 0 aliphatic carbocycles. The summed E-state index contributed by atoms with van der Waals surface area (Å²) in [5.74, 6) is 1.38. The number of ether oxygens (including phenoxy) is 1. The van der Waals surface area contributed by atoms with E-state index in [0.717, 1.165) is 0 Å². The molecule has 0 aromatic heterocycles. The van der Waals surface area contributed by atoms with Gasteiger partial charge in [0.25, 0.3) is 0 Å². The van der Waals surface area contributed by atoms with Gasteiger partial charge in [-0.15, -0.1) is 0 Å². The summed E-state index contributed by atoms with van der Waals surface area (Å²) in [6, 6.07) is 16.2. The summed E-state index contributed by atoms with van der Waals surface area (Å²) in [4.78, 5) is 0. The van der Waals surface area contributed by atoms with Crippen LogP contribution in [0.1, 0.15) is 11.5 Å². The smallest absolute Gasteiger partial charge is 0.123 e. The average molecular weight is 262 g/mol. The number of rotatable bonds is 5. The van der Waals surface area contributed by atoms with E-state index < -0.39 is 0 Å². The molecule has 0 bridgehead atoms. The van der Waals surface area contributed by atoms with Gasteiger partial charge in [0.1, 0.15) is 11.6 Å². The summed E-state index contributed by atoms with van der Waals surface area (Å²) >= 11 is 4.35. The molecule has 0 saturated heterocycles. The van der Waals surface area contributed by atoms with E-state index in [4.69, 9.17) is 4.74 Å². The molecule has 0 radical (unpaired) electrons. The zero-order valence-corrected chi connectivity index (χ0v) is 10.8. The molecule has 18 heavy (non-hydrogen) atoms. The SMILES string of the molecule is Fc1ccc(OCC(CS)c2ccccc2)cc1. The molecule has 0 N–H and O–H groups in total. The van der Waals surface area contributed by atoms with Crippen LogP contribution < -0.4 is 4.74 Å². The predicted molar refractivity (Wildman–Crippen MR) is 74.9 cm³/mol. The molecule has 0 aliphatic rings. The summed E-state index contributed by atoms with van der Waals surface area (Å²) < 4.78 is 18.4. The third-order valence-electron chi connectivity index (χ3n) is 2.76. The first-order valence-electron chi connectivity index (χ1n) is 5.84. The second kappa shape index (κ2) is 6.45. The van der Waals surface area contributed by atoms with Crippen molar-refractivity contribution in [3.8, 4) is 5.75 Å². The van der Waals surface area contributed by atoms with Crippen molar-refractivity contribution in [2.24, 2.45) is 0 Å². The molecule has 1 nitrogen and oxygen atoms in total. The normalized spacial score (nSPS) is 12.1. The molecular formula is C15H15FOS. The summed E-state index contributed by atoms with van der Waals surface area (Å²) in [6.45, 7) is 0.541. The van der Waals surface area contributed by atoms with Crippen molar-refractivity contribution in [3.63, 3.8) is 0 Å². The van der Waals surface area contributed by atoms with Gasteiger partial charge in [0, 0.05) is 11.7 Å². The molecule has 0 fully saturated rings. The zero-order chi connectivity index (χ0) is 12.8. The second-order valence-corrected chi connectivity index (χ2v) is 4.42. The lowest BCUT2D eigenvalue weighted by Crippen LogP contribution is -2.11. The van der Waals surface area contributed by atoms with Gasteiger partial charge in [0.15, 0.2) is 0 Å². The molecule has 0 saturated carbocycles. The monoisotopic (exact) mass is 262 g/mol. The highest BCUT2D eigenvalue weighted by Crippen LogP contribution is 2.19. The Balaban J connectivity index is 1.97. The summed E-state index contributed by atoms with van der Waals surface area (Å²) in [6.07, 6.45) is 0. The molecule has 94 valence electrons. The number of hydrogen-bond donors (Lipinski definition) is 1. The van der Waals surface area contributed by atoms with Crippen LogP contribution >= 0.6 is 12.6 Å². The number of thiol groups is 1. The summed E-state index contributed by atoms with van der Waals surface area (Å²) in [5.41, 5.74) is 1.20. The minimum atomic E-state index is -0.254. The van der Waals surface area contributed by atoms with Gasteiger partial charge in [0.2, 0.25) is 0 Å². The van der Waals surface area contributed by atoms with Gasteiger partial charge in [-0.2, -0.15) is 12.6 Å². The number of hydrogen-bond acceptors (Lipinski definition) is 2. The summed E-state index contributed by atoms with van der Waals surface area (Å²) in [7, 11) is 0. The zero-order valence-electron chi connectivity index (χ0n) is 9.92. The fourth-order valence-electron chi connectivity index (χ4n) is 1.71. The van der Waals surface area contributed by atoms with E-state index in [1.165, 1.54) is 17.7 Å². The van der Waals surface area contributed by atoms with Gasteiger partial charge in [0.05, 0.1) is 6.61 Å². The van der Waals surface area contributed by atoms with Crippen molar-refractivity contribution in [1.82, 2.24) is 0 Å². The van der Waals surface area contributed by atoms with E-state index in [1.807, 2.05) is 18.2 Å².